The second-order valence-corrected chi connectivity index (χ2v) is 4.99. The predicted octanol–water partition coefficient (Wildman–Crippen LogP) is 3.93. The highest BCUT2D eigenvalue weighted by molar-refractivity contribution is 5.85. The first-order valence-electron chi connectivity index (χ1n) is 7.47. The summed E-state index contributed by atoms with van der Waals surface area (Å²) in [7, 11) is 1.60. The van der Waals surface area contributed by atoms with Gasteiger partial charge in [0.2, 0.25) is 0 Å². The van der Waals surface area contributed by atoms with Crippen LogP contribution in [0.2, 0.25) is 0 Å². The van der Waals surface area contributed by atoms with Gasteiger partial charge < -0.3 is 13.9 Å². The molecule has 0 saturated carbocycles. The Morgan fingerprint density at radius 2 is 1.95 bits per heavy atom. The average Bonchev–Trinajstić information content (AvgIpc) is 2.47. The predicted molar refractivity (Wildman–Crippen MR) is 83.4 cm³/mol. The van der Waals surface area contributed by atoms with Crippen LogP contribution in [0, 0.1) is 0 Å². The number of fused-ring (bicyclic) bond motifs is 1. The minimum Gasteiger partial charge on any atom is -0.496 e. The first-order chi connectivity index (χ1) is 10.2. The molecular formula is C17H22O4. The Morgan fingerprint density at radius 3 is 2.62 bits per heavy atom. The summed E-state index contributed by atoms with van der Waals surface area (Å²) < 4.78 is 16.3. The fourth-order valence-corrected chi connectivity index (χ4v) is 2.36. The van der Waals surface area contributed by atoms with Gasteiger partial charge in [0.1, 0.15) is 17.1 Å². The van der Waals surface area contributed by atoms with Crippen LogP contribution in [0.4, 0.5) is 0 Å². The van der Waals surface area contributed by atoms with Crippen molar-refractivity contribution in [3.8, 4) is 11.5 Å². The lowest BCUT2D eigenvalue weighted by Gasteiger charge is -2.10. The zero-order chi connectivity index (χ0) is 15.2. The van der Waals surface area contributed by atoms with E-state index >= 15 is 0 Å². The van der Waals surface area contributed by atoms with Gasteiger partial charge in [-0.1, -0.05) is 19.8 Å². The van der Waals surface area contributed by atoms with Gasteiger partial charge in [-0.05, 0) is 25.8 Å². The SMILES string of the molecule is CCCCCc1cc2c(OC)cc(OCC)cc2oc1=O. The molecule has 21 heavy (non-hydrogen) atoms. The van der Waals surface area contributed by atoms with E-state index in [1.54, 1.807) is 13.2 Å². The van der Waals surface area contributed by atoms with Crippen molar-refractivity contribution in [2.24, 2.45) is 0 Å². The fourth-order valence-electron chi connectivity index (χ4n) is 2.36. The number of benzene rings is 1. The average molecular weight is 290 g/mol. The van der Waals surface area contributed by atoms with Gasteiger partial charge >= 0.3 is 5.63 Å². The normalized spacial score (nSPS) is 10.8. The fraction of sp³-hybridized carbons (Fsp3) is 0.471. The molecule has 4 nitrogen and oxygen atoms in total. The highest BCUT2D eigenvalue weighted by atomic mass is 16.5. The van der Waals surface area contributed by atoms with Crippen LogP contribution >= 0.6 is 0 Å². The molecule has 0 N–H and O–H groups in total. The minimum atomic E-state index is -0.269. The Kier molecular flexibility index (Phi) is 5.26. The van der Waals surface area contributed by atoms with Crippen molar-refractivity contribution in [3.05, 3.63) is 34.2 Å². The van der Waals surface area contributed by atoms with Crippen molar-refractivity contribution in [2.75, 3.05) is 13.7 Å². The van der Waals surface area contributed by atoms with Gasteiger partial charge in [0, 0.05) is 17.7 Å². The molecule has 114 valence electrons. The Labute approximate surface area is 124 Å². The smallest absolute Gasteiger partial charge is 0.339 e. The molecule has 2 aromatic rings. The van der Waals surface area contributed by atoms with E-state index in [0.717, 1.165) is 31.1 Å². The monoisotopic (exact) mass is 290 g/mol. The number of hydrogen-bond donors (Lipinski definition) is 0. The number of ether oxygens (including phenoxy) is 2. The van der Waals surface area contributed by atoms with Crippen molar-refractivity contribution in [1.29, 1.82) is 0 Å². The van der Waals surface area contributed by atoms with Gasteiger partial charge in [-0.2, -0.15) is 0 Å². The summed E-state index contributed by atoms with van der Waals surface area (Å²) in [5.74, 6) is 1.31. The first kappa shape index (κ1) is 15.4. The molecule has 1 heterocycles. The Morgan fingerprint density at radius 1 is 1.14 bits per heavy atom. The summed E-state index contributed by atoms with van der Waals surface area (Å²) in [5.41, 5.74) is 0.940. The molecular weight excluding hydrogens is 268 g/mol. The molecule has 0 bridgehead atoms. The molecule has 0 atom stereocenters. The van der Waals surface area contributed by atoms with Crippen LogP contribution in [0.25, 0.3) is 11.0 Å². The molecule has 4 heteroatoms. The van der Waals surface area contributed by atoms with E-state index in [4.69, 9.17) is 13.9 Å². The molecule has 1 aromatic carbocycles. The maximum absolute atomic E-state index is 12.0. The van der Waals surface area contributed by atoms with E-state index in [1.165, 1.54) is 0 Å². The summed E-state index contributed by atoms with van der Waals surface area (Å²) >= 11 is 0. The number of aryl methyl sites for hydroxylation is 1. The maximum atomic E-state index is 12.0. The van der Waals surface area contributed by atoms with E-state index in [0.29, 0.717) is 29.3 Å². The second kappa shape index (κ2) is 7.16. The van der Waals surface area contributed by atoms with Crippen molar-refractivity contribution < 1.29 is 13.9 Å². The largest absolute Gasteiger partial charge is 0.496 e. The molecule has 0 fully saturated rings. The van der Waals surface area contributed by atoms with Crippen LogP contribution in [0.3, 0.4) is 0 Å². The standard InChI is InChI=1S/C17H22O4/c1-4-6-7-8-12-9-14-15(19-3)10-13(20-5-2)11-16(14)21-17(12)18/h9-11H,4-8H2,1-3H3. The lowest BCUT2D eigenvalue weighted by Crippen LogP contribution is -2.07. The van der Waals surface area contributed by atoms with Crippen LogP contribution in [0.5, 0.6) is 11.5 Å². The lowest BCUT2D eigenvalue weighted by molar-refractivity contribution is 0.336. The molecule has 2 rings (SSSR count). The summed E-state index contributed by atoms with van der Waals surface area (Å²) in [6.45, 7) is 4.60. The van der Waals surface area contributed by atoms with Crippen molar-refractivity contribution in [2.45, 2.75) is 39.5 Å². The van der Waals surface area contributed by atoms with Crippen molar-refractivity contribution in [3.63, 3.8) is 0 Å². The molecule has 1 aromatic heterocycles. The molecule has 0 aliphatic carbocycles. The summed E-state index contributed by atoms with van der Waals surface area (Å²) in [6, 6.07) is 5.44. The van der Waals surface area contributed by atoms with E-state index in [9.17, 15) is 4.79 Å². The topological polar surface area (TPSA) is 48.7 Å². The van der Waals surface area contributed by atoms with Crippen LogP contribution < -0.4 is 15.1 Å². The van der Waals surface area contributed by atoms with Crippen LogP contribution in [0.15, 0.2) is 27.4 Å². The molecule has 0 aliphatic heterocycles. The quantitative estimate of drug-likeness (QED) is 0.572. The highest BCUT2D eigenvalue weighted by Crippen LogP contribution is 2.31. The Bertz CT molecular complexity index is 658. The van der Waals surface area contributed by atoms with E-state index < -0.39 is 0 Å². The summed E-state index contributed by atoms with van der Waals surface area (Å²) in [6.07, 6.45) is 3.96. The number of methoxy groups -OCH3 is 1. The molecule has 0 spiro atoms. The van der Waals surface area contributed by atoms with Crippen molar-refractivity contribution >= 4 is 11.0 Å². The zero-order valence-corrected chi connectivity index (χ0v) is 12.9. The first-order valence-corrected chi connectivity index (χ1v) is 7.47. The number of rotatable bonds is 7. The third-order valence-electron chi connectivity index (χ3n) is 3.44. The van der Waals surface area contributed by atoms with E-state index in [2.05, 4.69) is 6.92 Å². The molecule has 0 aliphatic rings. The van der Waals surface area contributed by atoms with Gasteiger partial charge in [0.05, 0.1) is 19.1 Å². The summed E-state index contributed by atoms with van der Waals surface area (Å²) in [5, 5.41) is 0.812. The number of hydrogen-bond acceptors (Lipinski definition) is 4. The van der Waals surface area contributed by atoms with Gasteiger partial charge in [0.25, 0.3) is 0 Å². The third kappa shape index (κ3) is 3.57. The van der Waals surface area contributed by atoms with E-state index in [1.807, 2.05) is 19.1 Å². The maximum Gasteiger partial charge on any atom is 0.339 e. The van der Waals surface area contributed by atoms with Crippen LogP contribution in [-0.4, -0.2) is 13.7 Å². The molecule has 0 unspecified atom stereocenters. The third-order valence-corrected chi connectivity index (χ3v) is 3.44. The van der Waals surface area contributed by atoms with Crippen LogP contribution in [-0.2, 0) is 6.42 Å². The van der Waals surface area contributed by atoms with Crippen LogP contribution in [0.1, 0.15) is 38.7 Å². The lowest BCUT2D eigenvalue weighted by atomic mass is 10.1. The van der Waals surface area contributed by atoms with Gasteiger partial charge in [-0.3, -0.25) is 0 Å². The highest BCUT2D eigenvalue weighted by Gasteiger charge is 2.11. The molecule has 0 radical (unpaired) electrons. The minimum absolute atomic E-state index is 0.269. The second-order valence-electron chi connectivity index (χ2n) is 4.99. The Balaban J connectivity index is 2.45. The summed E-state index contributed by atoms with van der Waals surface area (Å²) in [4.78, 5) is 12.0. The van der Waals surface area contributed by atoms with Gasteiger partial charge in [0.15, 0.2) is 0 Å². The zero-order valence-electron chi connectivity index (χ0n) is 12.9. The van der Waals surface area contributed by atoms with Gasteiger partial charge in [-0.15, -0.1) is 0 Å². The molecule has 0 amide bonds. The van der Waals surface area contributed by atoms with E-state index in [-0.39, 0.29) is 5.63 Å². The van der Waals surface area contributed by atoms with Crippen molar-refractivity contribution in [1.82, 2.24) is 0 Å². The number of unbranched alkanes of at least 4 members (excludes halogenated alkanes) is 2. The molecule has 0 saturated heterocycles. The van der Waals surface area contributed by atoms with Gasteiger partial charge in [-0.25, -0.2) is 4.79 Å². The Hall–Kier alpha value is -1.97.